The van der Waals surface area contributed by atoms with Crippen LogP contribution >= 0.6 is 0 Å². The average Bonchev–Trinajstić information content (AvgIpc) is 2.79. The molecule has 7 heteroatoms. The molecule has 0 amide bonds. The lowest BCUT2D eigenvalue weighted by Gasteiger charge is -2.29. The predicted octanol–water partition coefficient (Wildman–Crippen LogP) is 0.601. The van der Waals surface area contributed by atoms with Gasteiger partial charge in [0, 0.05) is 20.1 Å². The molecule has 6 nitrogen and oxygen atoms in total. The summed E-state index contributed by atoms with van der Waals surface area (Å²) in [5, 5.41) is 0. The Hall–Kier alpha value is -0.660. The molecule has 0 spiro atoms. The van der Waals surface area contributed by atoms with Gasteiger partial charge >= 0.3 is 5.97 Å². The molecule has 0 saturated heterocycles. The highest BCUT2D eigenvalue weighted by Crippen LogP contribution is 2.26. The van der Waals surface area contributed by atoms with E-state index in [4.69, 9.17) is 4.74 Å². The molecule has 0 heterocycles. The SMILES string of the molecule is CCOC(=O)CN(C1CCCC1)S(=O)(=O)N(C)C. The fraction of sp³-hybridized carbons (Fsp3) is 0.909. The summed E-state index contributed by atoms with van der Waals surface area (Å²) in [4.78, 5) is 11.5. The van der Waals surface area contributed by atoms with Crippen molar-refractivity contribution in [3.8, 4) is 0 Å². The van der Waals surface area contributed by atoms with Crippen molar-refractivity contribution in [2.45, 2.75) is 38.6 Å². The fourth-order valence-electron chi connectivity index (χ4n) is 2.13. The minimum absolute atomic E-state index is 0.0817. The molecule has 0 bridgehead atoms. The number of rotatable bonds is 6. The van der Waals surface area contributed by atoms with Crippen LogP contribution in [0, 0.1) is 0 Å². The second-order valence-corrected chi connectivity index (χ2v) is 6.67. The van der Waals surface area contributed by atoms with Crippen molar-refractivity contribution in [3.05, 3.63) is 0 Å². The van der Waals surface area contributed by atoms with E-state index in [1.165, 1.54) is 18.4 Å². The molecule has 1 saturated carbocycles. The lowest BCUT2D eigenvalue weighted by atomic mass is 10.2. The van der Waals surface area contributed by atoms with Gasteiger partial charge in [-0.05, 0) is 19.8 Å². The van der Waals surface area contributed by atoms with Crippen LogP contribution in [-0.4, -0.2) is 56.3 Å². The molecule has 1 fully saturated rings. The van der Waals surface area contributed by atoms with E-state index in [0.29, 0.717) is 0 Å². The number of carbonyl (C=O) groups is 1. The smallest absolute Gasteiger partial charge is 0.321 e. The Morgan fingerprint density at radius 1 is 1.28 bits per heavy atom. The van der Waals surface area contributed by atoms with Gasteiger partial charge in [0.05, 0.1) is 6.61 Å². The first-order valence-corrected chi connectivity index (χ1v) is 7.64. The molecule has 106 valence electrons. The van der Waals surface area contributed by atoms with Crippen molar-refractivity contribution in [2.24, 2.45) is 0 Å². The van der Waals surface area contributed by atoms with E-state index in [9.17, 15) is 13.2 Å². The van der Waals surface area contributed by atoms with Gasteiger partial charge < -0.3 is 4.74 Å². The molecule has 0 atom stereocenters. The molecule has 1 aliphatic carbocycles. The summed E-state index contributed by atoms with van der Waals surface area (Å²) in [6.07, 6.45) is 3.64. The van der Waals surface area contributed by atoms with Crippen molar-refractivity contribution >= 4 is 16.2 Å². The van der Waals surface area contributed by atoms with Crippen molar-refractivity contribution in [3.63, 3.8) is 0 Å². The first-order chi connectivity index (χ1) is 8.39. The zero-order valence-electron chi connectivity index (χ0n) is 11.3. The van der Waals surface area contributed by atoms with Crippen LogP contribution < -0.4 is 0 Å². The fourth-order valence-corrected chi connectivity index (χ4v) is 3.41. The summed E-state index contributed by atoms with van der Waals surface area (Å²) in [5.41, 5.74) is 0. The maximum absolute atomic E-state index is 12.2. The summed E-state index contributed by atoms with van der Waals surface area (Å²) in [5.74, 6) is -0.491. The van der Waals surface area contributed by atoms with Crippen LogP contribution in [0.2, 0.25) is 0 Å². The third-order valence-corrected chi connectivity index (χ3v) is 5.02. The zero-order chi connectivity index (χ0) is 13.8. The Balaban J connectivity index is 2.84. The highest BCUT2D eigenvalue weighted by molar-refractivity contribution is 7.86. The molecule has 0 aromatic rings. The second kappa shape index (κ2) is 6.49. The van der Waals surface area contributed by atoms with E-state index in [1.807, 2.05) is 0 Å². The minimum atomic E-state index is -3.57. The van der Waals surface area contributed by atoms with Crippen molar-refractivity contribution in [1.82, 2.24) is 8.61 Å². The third kappa shape index (κ3) is 3.66. The Kier molecular flexibility index (Phi) is 5.55. The van der Waals surface area contributed by atoms with Gasteiger partial charge in [-0.1, -0.05) is 12.8 Å². The van der Waals surface area contributed by atoms with Gasteiger partial charge in [-0.25, -0.2) is 0 Å². The van der Waals surface area contributed by atoms with E-state index in [1.54, 1.807) is 6.92 Å². The van der Waals surface area contributed by atoms with Crippen molar-refractivity contribution in [2.75, 3.05) is 27.2 Å². The summed E-state index contributed by atoms with van der Waals surface area (Å²) < 4.78 is 31.7. The van der Waals surface area contributed by atoms with Crippen LogP contribution in [0.1, 0.15) is 32.6 Å². The lowest BCUT2D eigenvalue weighted by Crippen LogP contribution is -2.47. The number of nitrogens with zero attached hydrogens (tertiary/aromatic N) is 2. The normalized spacial score (nSPS) is 17.6. The predicted molar refractivity (Wildman–Crippen MR) is 68.2 cm³/mol. The van der Waals surface area contributed by atoms with E-state index >= 15 is 0 Å². The van der Waals surface area contributed by atoms with Crippen LogP contribution in [0.5, 0.6) is 0 Å². The van der Waals surface area contributed by atoms with E-state index < -0.39 is 16.2 Å². The molecule has 0 aromatic heterocycles. The Bertz CT molecular complexity index is 375. The standard InChI is InChI=1S/C11H22N2O4S/c1-4-17-11(14)9-13(10-7-5-6-8-10)18(15,16)12(2)3/h10H,4-9H2,1-3H3. The Morgan fingerprint density at radius 2 is 1.83 bits per heavy atom. The van der Waals surface area contributed by atoms with Crippen LogP contribution in [0.15, 0.2) is 0 Å². The van der Waals surface area contributed by atoms with Gasteiger partial charge in [-0.2, -0.15) is 17.0 Å². The summed E-state index contributed by atoms with van der Waals surface area (Å²) in [6, 6.07) is -0.0817. The number of hydrogen-bond donors (Lipinski definition) is 0. The quantitative estimate of drug-likeness (QED) is 0.667. The average molecular weight is 278 g/mol. The largest absolute Gasteiger partial charge is 0.465 e. The van der Waals surface area contributed by atoms with Gasteiger partial charge in [0.1, 0.15) is 6.54 Å². The van der Waals surface area contributed by atoms with E-state index in [2.05, 4.69) is 0 Å². The van der Waals surface area contributed by atoms with Gasteiger partial charge in [0.2, 0.25) is 0 Å². The molecular formula is C11H22N2O4S. The van der Waals surface area contributed by atoms with Crippen LogP contribution in [-0.2, 0) is 19.7 Å². The van der Waals surface area contributed by atoms with Gasteiger partial charge in [-0.3, -0.25) is 4.79 Å². The Labute approximate surface area is 109 Å². The van der Waals surface area contributed by atoms with Gasteiger partial charge in [0.25, 0.3) is 10.2 Å². The molecule has 18 heavy (non-hydrogen) atoms. The van der Waals surface area contributed by atoms with Crippen molar-refractivity contribution < 1.29 is 17.9 Å². The zero-order valence-corrected chi connectivity index (χ0v) is 12.1. The third-order valence-electron chi connectivity index (χ3n) is 3.08. The first-order valence-electron chi connectivity index (χ1n) is 6.24. The number of carbonyl (C=O) groups excluding carboxylic acids is 1. The summed E-state index contributed by atoms with van der Waals surface area (Å²) in [7, 11) is -0.621. The highest BCUT2D eigenvalue weighted by Gasteiger charge is 2.35. The van der Waals surface area contributed by atoms with Gasteiger partial charge in [-0.15, -0.1) is 0 Å². The first kappa shape index (κ1) is 15.4. The molecule has 1 aliphatic rings. The number of ether oxygens (including phenoxy) is 1. The molecule has 0 radical (unpaired) electrons. The van der Waals surface area contributed by atoms with E-state index in [0.717, 1.165) is 30.0 Å². The summed E-state index contributed by atoms with van der Waals surface area (Å²) in [6.45, 7) is 1.77. The maximum Gasteiger partial charge on any atom is 0.321 e. The number of hydrogen-bond acceptors (Lipinski definition) is 4. The molecule has 1 rings (SSSR count). The molecule has 0 aliphatic heterocycles. The molecule has 0 N–H and O–H groups in total. The van der Waals surface area contributed by atoms with E-state index in [-0.39, 0.29) is 19.2 Å². The lowest BCUT2D eigenvalue weighted by molar-refractivity contribution is -0.143. The summed E-state index contributed by atoms with van der Waals surface area (Å²) >= 11 is 0. The Morgan fingerprint density at radius 3 is 2.28 bits per heavy atom. The van der Waals surface area contributed by atoms with Crippen molar-refractivity contribution in [1.29, 1.82) is 0 Å². The minimum Gasteiger partial charge on any atom is -0.465 e. The monoisotopic (exact) mass is 278 g/mol. The molecule has 0 unspecified atom stereocenters. The second-order valence-electron chi connectivity index (χ2n) is 4.58. The molecule has 0 aromatic carbocycles. The van der Waals surface area contributed by atoms with Crippen LogP contribution in [0.4, 0.5) is 0 Å². The van der Waals surface area contributed by atoms with Crippen LogP contribution in [0.25, 0.3) is 0 Å². The van der Waals surface area contributed by atoms with Gasteiger partial charge in [0.15, 0.2) is 0 Å². The molecular weight excluding hydrogens is 256 g/mol. The maximum atomic E-state index is 12.2. The number of esters is 1. The topological polar surface area (TPSA) is 66.9 Å². The van der Waals surface area contributed by atoms with Crippen LogP contribution in [0.3, 0.4) is 0 Å². The highest BCUT2D eigenvalue weighted by atomic mass is 32.2.